The molecule has 0 saturated carbocycles. The standard InChI is InChI=1S/C26H21N/c1-18-8-6-12-23-24-13-7-11-22(26(24)27(2)25(18)23)21-16-14-20(15-17-21)19-9-4-3-5-10-19/h3-17H,1-2H3. The summed E-state index contributed by atoms with van der Waals surface area (Å²) in [5, 5.41) is 2.65. The number of aromatic nitrogens is 1. The van der Waals surface area contributed by atoms with Gasteiger partial charge in [-0.1, -0.05) is 91.0 Å². The molecule has 0 aliphatic heterocycles. The molecule has 0 fully saturated rings. The summed E-state index contributed by atoms with van der Waals surface area (Å²) in [6.07, 6.45) is 0. The zero-order valence-electron chi connectivity index (χ0n) is 15.6. The van der Waals surface area contributed by atoms with Crippen molar-refractivity contribution in [3.05, 3.63) is 96.6 Å². The first-order valence-corrected chi connectivity index (χ1v) is 9.36. The Balaban J connectivity index is 1.72. The van der Waals surface area contributed by atoms with E-state index in [4.69, 9.17) is 0 Å². The molecule has 0 aliphatic rings. The highest BCUT2D eigenvalue weighted by Crippen LogP contribution is 2.36. The Labute approximate surface area is 159 Å². The molecule has 0 spiro atoms. The third kappa shape index (κ3) is 2.47. The van der Waals surface area contributed by atoms with E-state index in [1.807, 2.05) is 0 Å². The Morgan fingerprint density at radius 3 is 1.85 bits per heavy atom. The largest absolute Gasteiger partial charge is 0.343 e. The molecule has 0 atom stereocenters. The molecular weight excluding hydrogens is 326 g/mol. The molecule has 1 aromatic heterocycles. The van der Waals surface area contributed by atoms with Crippen molar-refractivity contribution in [3.63, 3.8) is 0 Å². The zero-order valence-corrected chi connectivity index (χ0v) is 15.6. The average Bonchev–Trinajstić information content (AvgIpc) is 3.03. The molecule has 0 amide bonds. The first kappa shape index (κ1) is 15.9. The highest BCUT2D eigenvalue weighted by atomic mass is 14.9. The third-order valence-electron chi connectivity index (χ3n) is 5.54. The SMILES string of the molecule is Cc1cccc2c3cccc(-c4ccc(-c5ccccc5)cc4)c3n(C)c12. The molecular formula is C26H21N. The summed E-state index contributed by atoms with van der Waals surface area (Å²) in [6, 6.07) is 32.7. The number of benzene rings is 4. The quantitative estimate of drug-likeness (QED) is 0.325. The van der Waals surface area contributed by atoms with Gasteiger partial charge in [-0.2, -0.15) is 0 Å². The number of rotatable bonds is 2. The van der Waals surface area contributed by atoms with Gasteiger partial charge in [0.15, 0.2) is 0 Å². The summed E-state index contributed by atoms with van der Waals surface area (Å²) >= 11 is 0. The van der Waals surface area contributed by atoms with Crippen LogP contribution in [0.5, 0.6) is 0 Å². The fraction of sp³-hybridized carbons (Fsp3) is 0.0769. The van der Waals surface area contributed by atoms with Crippen molar-refractivity contribution in [2.24, 2.45) is 7.05 Å². The van der Waals surface area contributed by atoms with Crippen molar-refractivity contribution in [2.45, 2.75) is 6.92 Å². The Bertz CT molecular complexity index is 1260. The first-order valence-electron chi connectivity index (χ1n) is 9.36. The van der Waals surface area contributed by atoms with E-state index >= 15 is 0 Å². The maximum Gasteiger partial charge on any atom is 0.0568 e. The third-order valence-corrected chi connectivity index (χ3v) is 5.54. The van der Waals surface area contributed by atoms with E-state index in [9.17, 15) is 0 Å². The van der Waals surface area contributed by atoms with Gasteiger partial charge in [-0.15, -0.1) is 0 Å². The van der Waals surface area contributed by atoms with E-state index in [1.54, 1.807) is 0 Å². The van der Waals surface area contributed by atoms with Crippen LogP contribution in [0, 0.1) is 6.92 Å². The summed E-state index contributed by atoms with van der Waals surface area (Å²) in [6.45, 7) is 2.19. The lowest BCUT2D eigenvalue weighted by molar-refractivity contribution is 1.01. The Morgan fingerprint density at radius 2 is 1.11 bits per heavy atom. The highest BCUT2D eigenvalue weighted by Gasteiger charge is 2.14. The lowest BCUT2D eigenvalue weighted by Gasteiger charge is -2.09. The van der Waals surface area contributed by atoms with Crippen LogP contribution in [-0.2, 0) is 7.05 Å². The van der Waals surface area contributed by atoms with Gasteiger partial charge < -0.3 is 4.57 Å². The molecule has 4 aromatic carbocycles. The Hall–Kier alpha value is -3.32. The van der Waals surface area contributed by atoms with Gasteiger partial charge in [0.2, 0.25) is 0 Å². The molecule has 0 aliphatic carbocycles. The topological polar surface area (TPSA) is 4.93 Å². The molecule has 27 heavy (non-hydrogen) atoms. The lowest BCUT2D eigenvalue weighted by Crippen LogP contribution is -1.91. The second-order valence-electron chi connectivity index (χ2n) is 7.18. The van der Waals surface area contributed by atoms with Gasteiger partial charge >= 0.3 is 0 Å². The average molecular weight is 347 g/mol. The summed E-state index contributed by atoms with van der Waals surface area (Å²) in [7, 11) is 2.18. The fourth-order valence-corrected chi connectivity index (χ4v) is 4.26. The van der Waals surface area contributed by atoms with Crippen LogP contribution in [-0.4, -0.2) is 4.57 Å². The summed E-state index contributed by atoms with van der Waals surface area (Å²) in [5.41, 5.74) is 8.97. The van der Waals surface area contributed by atoms with Crippen LogP contribution in [0.1, 0.15) is 5.56 Å². The van der Waals surface area contributed by atoms with Crippen molar-refractivity contribution < 1.29 is 0 Å². The van der Waals surface area contributed by atoms with Crippen molar-refractivity contribution in [3.8, 4) is 22.3 Å². The number of hydrogen-bond acceptors (Lipinski definition) is 0. The van der Waals surface area contributed by atoms with Crippen LogP contribution in [0.15, 0.2) is 91.0 Å². The Morgan fingerprint density at radius 1 is 0.519 bits per heavy atom. The van der Waals surface area contributed by atoms with Crippen LogP contribution >= 0.6 is 0 Å². The van der Waals surface area contributed by atoms with Gasteiger partial charge in [-0.05, 0) is 29.2 Å². The van der Waals surface area contributed by atoms with E-state index in [0.29, 0.717) is 0 Å². The van der Waals surface area contributed by atoms with E-state index < -0.39 is 0 Å². The van der Waals surface area contributed by atoms with Crippen molar-refractivity contribution in [1.82, 2.24) is 4.57 Å². The molecule has 0 saturated heterocycles. The van der Waals surface area contributed by atoms with E-state index in [-0.39, 0.29) is 0 Å². The second-order valence-corrected chi connectivity index (χ2v) is 7.18. The molecule has 5 rings (SSSR count). The van der Waals surface area contributed by atoms with Crippen LogP contribution in [0.3, 0.4) is 0 Å². The minimum atomic E-state index is 1.25. The number of aryl methyl sites for hydroxylation is 2. The molecule has 0 radical (unpaired) electrons. The van der Waals surface area contributed by atoms with Crippen LogP contribution in [0.25, 0.3) is 44.1 Å². The predicted octanol–water partition coefficient (Wildman–Crippen LogP) is 6.97. The van der Waals surface area contributed by atoms with Gasteiger partial charge in [0, 0.05) is 23.4 Å². The van der Waals surface area contributed by atoms with Crippen molar-refractivity contribution in [2.75, 3.05) is 0 Å². The molecule has 130 valence electrons. The van der Waals surface area contributed by atoms with Crippen LogP contribution in [0.2, 0.25) is 0 Å². The number of para-hydroxylation sites is 2. The summed E-state index contributed by atoms with van der Waals surface area (Å²) in [5.74, 6) is 0. The predicted molar refractivity (Wildman–Crippen MR) is 116 cm³/mol. The Kier molecular flexibility index (Phi) is 3.61. The van der Waals surface area contributed by atoms with Gasteiger partial charge in [0.05, 0.1) is 11.0 Å². The number of fused-ring (bicyclic) bond motifs is 3. The molecule has 1 heteroatoms. The molecule has 1 nitrogen and oxygen atoms in total. The van der Waals surface area contributed by atoms with E-state index in [0.717, 1.165) is 0 Å². The van der Waals surface area contributed by atoms with E-state index in [1.165, 1.54) is 49.6 Å². The van der Waals surface area contributed by atoms with Gasteiger partial charge in [0.25, 0.3) is 0 Å². The van der Waals surface area contributed by atoms with Crippen molar-refractivity contribution >= 4 is 21.8 Å². The monoisotopic (exact) mass is 347 g/mol. The fourth-order valence-electron chi connectivity index (χ4n) is 4.26. The maximum atomic E-state index is 2.35. The minimum Gasteiger partial charge on any atom is -0.343 e. The summed E-state index contributed by atoms with van der Waals surface area (Å²) in [4.78, 5) is 0. The van der Waals surface area contributed by atoms with Gasteiger partial charge in [-0.25, -0.2) is 0 Å². The zero-order chi connectivity index (χ0) is 18.4. The second kappa shape index (κ2) is 6.14. The maximum absolute atomic E-state index is 2.35. The normalized spacial score (nSPS) is 11.3. The summed E-state index contributed by atoms with van der Waals surface area (Å²) < 4.78 is 2.35. The van der Waals surface area contributed by atoms with Gasteiger partial charge in [0.1, 0.15) is 0 Å². The number of nitrogens with zero attached hydrogens (tertiary/aromatic N) is 1. The van der Waals surface area contributed by atoms with Gasteiger partial charge in [-0.3, -0.25) is 0 Å². The smallest absolute Gasteiger partial charge is 0.0568 e. The van der Waals surface area contributed by atoms with Crippen molar-refractivity contribution in [1.29, 1.82) is 0 Å². The minimum absolute atomic E-state index is 1.25. The van der Waals surface area contributed by atoms with Crippen LogP contribution in [0.4, 0.5) is 0 Å². The molecule has 0 N–H and O–H groups in total. The first-order chi connectivity index (χ1) is 13.2. The van der Waals surface area contributed by atoms with E-state index in [2.05, 4.69) is 110 Å². The van der Waals surface area contributed by atoms with Crippen LogP contribution < -0.4 is 0 Å². The molecule has 5 aromatic rings. The molecule has 0 unspecified atom stereocenters. The molecule has 0 bridgehead atoms. The lowest BCUT2D eigenvalue weighted by atomic mass is 9.98. The highest BCUT2D eigenvalue weighted by molar-refractivity contribution is 6.13. The molecule has 1 heterocycles. The number of hydrogen-bond donors (Lipinski definition) is 0.